The maximum Gasteiger partial charge on any atom is 0.315 e. The Bertz CT molecular complexity index is 1030. The van der Waals surface area contributed by atoms with E-state index in [1.807, 2.05) is 0 Å². The standard InChI is InChI=1S/C23H29N3O3/c1-14-11-17(12-15(2)16(14)3)23(7-5-6-8-23)13-18-24-21(28)20(27)19-22(29)25(4)9-10-26(18)19/h11-12,27H,5-10,13H2,1-4H3. The molecule has 2 aliphatic rings. The second-order valence-electron chi connectivity index (χ2n) is 8.81. The van der Waals surface area contributed by atoms with Crippen molar-refractivity contribution in [3.05, 3.63) is 56.3 Å². The molecule has 0 saturated heterocycles. The second-order valence-corrected chi connectivity index (χ2v) is 8.81. The highest BCUT2D eigenvalue weighted by molar-refractivity contribution is 5.95. The lowest BCUT2D eigenvalue weighted by Crippen LogP contribution is -2.42. The molecule has 0 spiro atoms. The summed E-state index contributed by atoms with van der Waals surface area (Å²) in [4.78, 5) is 30.8. The fraction of sp³-hybridized carbons (Fsp3) is 0.522. The van der Waals surface area contributed by atoms with Crippen LogP contribution in [0.15, 0.2) is 16.9 Å². The number of aromatic nitrogens is 2. The zero-order valence-electron chi connectivity index (χ0n) is 17.7. The molecule has 1 aliphatic carbocycles. The van der Waals surface area contributed by atoms with Gasteiger partial charge < -0.3 is 14.6 Å². The third-order valence-corrected chi connectivity index (χ3v) is 7.04. The van der Waals surface area contributed by atoms with Crippen molar-refractivity contribution in [2.45, 2.75) is 64.8 Å². The van der Waals surface area contributed by atoms with Crippen LogP contribution in [0.5, 0.6) is 5.75 Å². The number of aryl methyl sites for hydroxylation is 2. The molecule has 0 radical (unpaired) electrons. The lowest BCUT2D eigenvalue weighted by Gasteiger charge is -2.34. The van der Waals surface area contributed by atoms with Crippen LogP contribution in [0, 0.1) is 20.8 Å². The van der Waals surface area contributed by atoms with Crippen LogP contribution in [0.3, 0.4) is 0 Å². The molecule has 1 N–H and O–H groups in total. The van der Waals surface area contributed by atoms with E-state index in [-0.39, 0.29) is 17.0 Å². The highest BCUT2D eigenvalue weighted by Crippen LogP contribution is 2.44. The van der Waals surface area contributed by atoms with Crippen LogP contribution >= 0.6 is 0 Å². The molecule has 2 heterocycles. The first kappa shape index (κ1) is 19.7. The van der Waals surface area contributed by atoms with Gasteiger partial charge >= 0.3 is 5.56 Å². The molecule has 1 aromatic carbocycles. The number of carbonyl (C=O) groups is 1. The van der Waals surface area contributed by atoms with Gasteiger partial charge in [-0.2, -0.15) is 4.98 Å². The van der Waals surface area contributed by atoms with Crippen LogP contribution in [-0.4, -0.2) is 39.1 Å². The van der Waals surface area contributed by atoms with E-state index in [1.165, 1.54) is 27.2 Å². The van der Waals surface area contributed by atoms with Crippen molar-refractivity contribution in [2.75, 3.05) is 13.6 Å². The first-order valence-corrected chi connectivity index (χ1v) is 10.4. The van der Waals surface area contributed by atoms with Crippen LogP contribution in [0.25, 0.3) is 0 Å². The Morgan fingerprint density at radius 3 is 2.31 bits per heavy atom. The largest absolute Gasteiger partial charge is 0.501 e. The smallest absolute Gasteiger partial charge is 0.315 e. The Balaban J connectivity index is 1.85. The maximum atomic E-state index is 12.6. The third kappa shape index (κ3) is 3.15. The Kier molecular flexibility index (Phi) is 4.75. The lowest BCUT2D eigenvalue weighted by molar-refractivity contribution is 0.0737. The fourth-order valence-electron chi connectivity index (χ4n) is 4.98. The minimum absolute atomic E-state index is 0.0816. The van der Waals surface area contributed by atoms with Gasteiger partial charge in [-0.15, -0.1) is 0 Å². The van der Waals surface area contributed by atoms with Gasteiger partial charge in [0.1, 0.15) is 5.82 Å². The molecule has 0 atom stereocenters. The molecule has 154 valence electrons. The number of nitrogens with zero attached hydrogens (tertiary/aromatic N) is 3. The van der Waals surface area contributed by atoms with E-state index in [0.717, 1.165) is 25.7 Å². The monoisotopic (exact) mass is 395 g/mol. The number of amides is 1. The molecule has 29 heavy (non-hydrogen) atoms. The van der Waals surface area contributed by atoms with Crippen molar-refractivity contribution in [1.82, 2.24) is 14.5 Å². The molecular formula is C23H29N3O3. The van der Waals surface area contributed by atoms with Crippen LogP contribution in [0.1, 0.15) is 64.2 Å². The fourth-order valence-corrected chi connectivity index (χ4v) is 4.98. The normalized spacial score (nSPS) is 18.2. The van der Waals surface area contributed by atoms with Crippen LogP contribution in [0.4, 0.5) is 0 Å². The highest BCUT2D eigenvalue weighted by Gasteiger charge is 2.39. The number of aromatic hydroxyl groups is 1. The second kappa shape index (κ2) is 7.01. The Morgan fingerprint density at radius 2 is 1.69 bits per heavy atom. The topological polar surface area (TPSA) is 75.4 Å². The Morgan fingerprint density at radius 1 is 1.07 bits per heavy atom. The average molecular weight is 396 g/mol. The van der Waals surface area contributed by atoms with Crippen molar-refractivity contribution < 1.29 is 9.90 Å². The molecule has 1 aliphatic heterocycles. The van der Waals surface area contributed by atoms with Crippen molar-refractivity contribution in [3.63, 3.8) is 0 Å². The van der Waals surface area contributed by atoms with Gasteiger partial charge in [-0.05, 0) is 55.9 Å². The van der Waals surface area contributed by atoms with Gasteiger partial charge in [0.15, 0.2) is 5.69 Å². The highest BCUT2D eigenvalue weighted by atomic mass is 16.3. The average Bonchev–Trinajstić information content (AvgIpc) is 3.15. The minimum atomic E-state index is -0.709. The molecule has 0 unspecified atom stereocenters. The zero-order valence-corrected chi connectivity index (χ0v) is 17.7. The molecule has 2 aromatic rings. The number of hydrogen-bond acceptors (Lipinski definition) is 4. The van der Waals surface area contributed by atoms with Gasteiger partial charge in [0, 0.05) is 32.0 Å². The molecule has 4 rings (SSSR count). The summed E-state index contributed by atoms with van der Waals surface area (Å²) in [6.07, 6.45) is 4.96. The summed E-state index contributed by atoms with van der Waals surface area (Å²) in [6.45, 7) is 7.52. The SMILES string of the molecule is Cc1cc(C2(Cc3nc(=O)c(O)c4n3CCN(C)C4=O)CCCC2)cc(C)c1C. The van der Waals surface area contributed by atoms with E-state index in [0.29, 0.717) is 25.3 Å². The molecular weight excluding hydrogens is 366 g/mol. The molecule has 6 heteroatoms. The zero-order chi connectivity index (χ0) is 20.9. The number of fused-ring (bicyclic) bond motifs is 1. The summed E-state index contributed by atoms with van der Waals surface area (Å²) in [7, 11) is 1.69. The predicted molar refractivity (Wildman–Crippen MR) is 112 cm³/mol. The van der Waals surface area contributed by atoms with E-state index < -0.39 is 11.3 Å². The minimum Gasteiger partial charge on any atom is -0.501 e. The van der Waals surface area contributed by atoms with Crippen molar-refractivity contribution >= 4 is 5.91 Å². The van der Waals surface area contributed by atoms with E-state index in [1.54, 1.807) is 11.6 Å². The van der Waals surface area contributed by atoms with Gasteiger partial charge in [-0.1, -0.05) is 25.0 Å². The lowest BCUT2D eigenvalue weighted by atomic mass is 9.74. The van der Waals surface area contributed by atoms with Crippen molar-refractivity contribution in [2.24, 2.45) is 0 Å². The van der Waals surface area contributed by atoms with Gasteiger partial charge in [0.05, 0.1) is 0 Å². The number of carbonyl (C=O) groups excluding carboxylic acids is 1. The maximum absolute atomic E-state index is 12.6. The third-order valence-electron chi connectivity index (χ3n) is 7.04. The number of hydrogen-bond donors (Lipinski definition) is 1. The quantitative estimate of drug-likeness (QED) is 0.867. The summed E-state index contributed by atoms with van der Waals surface area (Å²) in [5.74, 6) is -0.244. The Hall–Kier alpha value is -2.63. The van der Waals surface area contributed by atoms with Gasteiger partial charge in [-0.3, -0.25) is 9.59 Å². The molecule has 1 saturated carbocycles. The van der Waals surface area contributed by atoms with E-state index in [4.69, 9.17) is 0 Å². The van der Waals surface area contributed by atoms with Crippen LogP contribution < -0.4 is 5.56 Å². The van der Waals surface area contributed by atoms with Gasteiger partial charge in [0.25, 0.3) is 5.91 Å². The molecule has 1 aromatic heterocycles. The van der Waals surface area contributed by atoms with Gasteiger partial charge in [-0.25, -0.2) is 0 Å². The summed E-state index contributed by atoms with van der Waals surface area (Å²) in [5.41, 5.74) is 4.45. The number of rotatable bonds is 3. The van der Waals surface area contributed by atoms with Crippen LogP contribution in [-0.2, 0) is 18.4 Å². The number of benzene rings is 1. The summed E-state index contributed by atoms with van der Waals surface area (Å²) >= 11 is 0. The van der Waals surface area contributed by atoms with E-state index in [2.05, 4.69) is 37.9 Å². The number of likely N-dealkylation sites (N-methyl/N-ethyl adjacent to an activating group) is 1. The van der Waals surface area contributed by atoms with E-state index >= 15 is 0 Å². The van der Waals surface area contributed by atoms with E-state index in [9.17, 15) is 14.7 Å². The van der Waals surface area contributed by atoms with Crippen molar-refractivity contribution in [3.8, 4) is 5.75 Å². The molecule has 0 bridgehead atoms. The van der Waals surface area contributed by atoms with Crippen molar-refractivity contribution in [1.29, 1.82) is 0 Å². The predicted octanol–water partition coefficient (Wildman–Crippen LogP) is 3.01. The molecule has 6 nitrogen and oxygen atoms in total. The van der Waals surface area contributed by atoms with Crippen LogP contribution in [0.2, 0.25) is 0 Å². The molecule has 1 amide bonds. The molecule has 1 fully saturated rings. The first-order chi connectivity index (χ1) is 13.7. The first-order valence-electron chi connectivity index (χ1n) is 10.4. The Labute approximate surface area is 171 Å². The van der Waals surface area contributed by atoms with Gasteiger partial charge in [0.2, 0.25) is 5.75 Å². The summed E-state index contributed by atoms with van der Waals surface area (Å²) in [5, 5.41) is 10.3. The summed E-state index contributed by atoms with van der Waals surface area (Å²) in [6, 6.07) is 4.56. The summed E-state index contributed by atoms with van der Waals surface area (Å²) < 4.78 is 1.77.